The number of carbonyl (C=O) groups excluding carboxylic acids is 1. The van der Waals surface area contributed by atoms with Gasteiger partial charge in [-0.25, -0.2) is 4.98 Å². The van der Waals surface area contributed by atoms with E-state index in [1.807, 2.05) is 39.0 Å². The van der Waals surface area contributed by atoms with Crippen LogP contribution < -0.4 is 10.1 Å². The molecule has 0 unspecified atom stereocenters. The second-order valence-electron chi connectivity index (χ2n) is 4.56. The van der Waals surface area contributed by atoms with Gasteiger partial charge >= 0.3 is 0 Å². The number of rotatable bonds is 4. The normalized spacial score (nSPS) is 10.2. The predicted molar refractivity (Wildman–Crippen MR) is 79.3 cm³/mol. The van der Waals surface area contributed by atoms with E-state index in [2.05, 4.69) is 10.3 Å². The minimum absolute atomic E-state index is 0.214. The summed E-state index contributed by atoms with van der Waals surface area (Å²) in [4.78, 5) is 16.4. The largest absolute Gasteiger partial charge is 0.477 e. The van der Waals surface area contributed by atoms with Crippen LogP contribution >= 0.6 is 0 Å². The molecule has 0 fully saturated rings. The van der Waals surface area contributed by atoms with E-state index in [1.165, 1.54) is 0 Å². The van der Waals surface area contributed by atoms with Gasteiger partial charge in [-0.1, -0.05) is 17.7 Å². The van der Waals surface area contributed by atoms with Gasteiger partial charge < -0.3 is 10.1 Å². The van der Waals surface area contributed by atoms with Crippen LogP contribution in [-0.2, 0) is 0 Å². The fraction of sp³-hybridized carbons (Fsp3) is 0.250. The van der Waals surface area contributed by atoms with Gasteiger partial charge in [0.1, 0.15) is 5.56 Å². The van der Waals surface area contributed by atoms with Crippen LogP contribution in [0.4, 0.5) is 5.69 Å². The average Bonchev–Trinajstić information content (AvgIpc) is 2.43. The van der Waals surface area contributed by atoms with Crippen LogP contribution in [0, 0.1) is 13.8 Å². The number of benzene rings is 1. The second-order valence-corrected chi connectivity index (χ2v) is 4.56. The first-order chi connectivity index (χ1) is 9.61. The van der Waals surface area contributed by atoms with Gasteiger partial charge in [0.15, 0.2) is 0 Å². The van der Waals surface area contributed by atoms with Gasteiger partial charge in [0.05, 0.1) is 6.61 Å². The Hall–Kier alpha value is -2.36. The molecule has 0 saturated heterocycles. The molecule has 2 rings (SSSR count). The van der Waals surface area contributed by atoms with E-state index in [1.54, 1.807) is 18.3 Å². The molecule has 20 heavy (non-hydrogen) atoms. The maximum absolute atomic E-state index is 12.3. The molecule has 1 heterocycles. The molecule has 1 aromatic carbocycles. The molecule has 2 aromatic rings. The third-order valence-corrected chi connectivity index (χ3v) is 2.93. The number of aryl methyl sites for hydroxylation is 2. The van der Waals surface area contributed by atoms with Crippen LogP contribution in [0.1, 0.15) is 28.4 Å². The molecule has 0 spiro atoms. The Morgan fingerprint density at radius 3 is 2.80 bits per heavy atom. The lowest BCUT2D eigenvalue weighted by atomic mass is 10.1. The van der Waals surface area contributed by atoms with Crippen molar-refractivity contribution in [3.63, 3.8) is 0 Å². The molecule has 0 aliphatic rings. The third kappa shape index (κ3) is 3.15. The van der Waals surface area contributed by atoms with Crippen LogP contribution in [0.2, 0.25) is 0 Å². The monoisotopic (exact) mass is 270 g/mol. The first kappa shape index (κ1) is 14.1. The zero-order valence-corrected chi connectivity index (χ0v) is 11.9. The van der Waals surface area contributed by atoms with Crippen molar-refractivity contribution in [1.29, 1.82) is 0 Å². The summed E-state index contributed by atoms with van der Waals surface area (Å²) in [7, 11) is 0. The fourth-order valence-corrected chi connectivity index (χ4v) is 1.96. The van der Waals surface area contributed by atoms with Crippen molar-refractivity contribution in [1.82, 2.24) is 4.98 Å². The van der Waals surface area contributed by atoms with E-state index >= 15 is 0 Å². The third-order valence-electron chi connectivity index (χ3n) is 2.93. The number of ether oxygens (including phenoxy) is 1. The van der Waals surface area contributed by atoms with Crippen molar-refractivity contribution < 1.29 is 9.53 Å². The predicted octanol–water partition coefficient (Wildman–Crippen LogP) is 3.35. The average molecular weight is 270 g/mol. The van der Waals surface area contributed by atoms with E-state index in [0.717, 1.165) is 16.8 Å². The van der Waals surface area contributed by atoms with Gasteiger partial charge in [0.25, 0.3) is 5.91 Å². The van der Waals surface area contributed by atoms with Gasteiger partial charge in [-0.3, -0.25) is 4.79 Å². The van der Waals surface area contributed by atoms with Gasteiger partial charge in [-0.05, 0) is 44.5 Å². The quantitative estimate of drug-likeness (QED) is 0.927. The maximum Gasteiger partial charge on any atom is 0.261 e. The Kier molecular flexibility index (Phi) is 4.35. The molecule has 0 saturated carbocycles. The first-order valence-electron chi connectivity index (χ1n) is 6.58. The molecule has 4 nitrogen and oxygen atoms in total. The molecule has 104 valence electrons. The number of hydrogen-bond acceptors (Lipinski definition) is 3. The molecule has 0 aliphatic carbocycles. The summed E-state index contributed by atoms with van der Waals surface area (Å²) in [5, 5.41) is 2.89. The Bertz CT molecular complexity index is 624. The number of nitrogens with one attached hydrogen (secondary N) is 1. The maximum atomic E-state index is 12.3. The molecule has 4 heteroatoms. The zero-order valence-electron chi connectivity index (χ0n) is 11.9. The minimum atomic E-state index is -0.214. The number of anilines is 1. The topological polar surface area (TPSA) is 51.2 Å². The van der Waals surface area contributed by atoms with Gasteiger partial charge in [-0.15, -0.1) is 0 Å². The lowest BCUT2D eigenvalue weighted by molar-refractivity contribution is 0.102. The Labute approximate surface area is 118 Å². The van der Waals surface area contributed by atoms with Crippen LogP contribution in [0.15, 0.2) is 36.5 Å². The number of pyridine rings is 1. The standard InChI is InChI=1S/C16H18N2O2/c1-4-20-16-13(6-5-9-17-16)15(19)18-14-8-7-11(2)10-12(14)3/h5-10H,4H2,1-3H3,(H,18,19). The smallest absolute Gasteiger partial charge is 0.261 e. The molecule has 1 amide bonds. The fourth-order valence-electron chi connectivity index (χ4n) is 1.96. The van der Waals surface area contributed by atoms with Crippen molar-refractivity contribution in [3.05, 3.63) is 53.2 Å². The van der Waals surface area contributed by atoms with Gasteiger partial charge in [0, 0.05) is 11.9 Å². The van der Waals surface area contributed by atoms with Crippen LogP contribution in [-0.4, -0.2) is 17.5 Å². The number of nitrogens with zero attached hydrogens (tertiary/aromatic N) is 1. The lowest BCUT2D eigenvalue weighted by Crippen LogP contribution is -2.15. The van der Waals surface area contributed by atoms with Crippen LogP contribution in [0.3, 0.4) is 0 Å². The highest BCUT2D eigenvalue weighted by molar-refractivity contribution is 6.06. The lowest BCUT2D eigenvalue weighted by Gasteiger charge is -2.11. The van der Waals surface area contributed by atoms with Crippen LogP contribution in [0.5, 0.6) is 5.88 Å². The van der Waals surface area contributed by atoms with Crippen LogP contribution in [0.25, 0.3) is 0 Å². The van der Waals surface area contributed by atoms with Crippen molar-refractivity contribution in [2.24, 2.45) is 0 Å². The Morgan fingerprint density at radius 2 is 2.10 bits per heavy atom. The SMILES string of the molecule is CCOc1ncccc1C(=O)Nc1ccc(C)cc1C. The summed E-state index contributed by atoms with van der Waals surface area (Å²) in [5.41, 5.74) is 3.43. The molecular weight excluding hydrogens is 252 g/mol. The number of carbonyl (C=O) groups is 1. The summed E-state index contributed by atoms with van der Waals surface area (Å²) in [6.07, 6.45) is 1.61. The molecule has 0 bridgehead atoms. The molecule has 1 aromatic heterocycles. The van der Waals surface area contributed by atoms with E-state index in [0.29, 0.717) is 18.1 Å². The van der Waals surface area contributed by atoms with Crippen molar-refractivity contribution >= 4 is 11.6 Å². The highest BCUT2D eigenvalue weighted by Crippen LogP contribution is 2.20. The van der Waals surface area contributed by atoms with Gasteiger partial charge in [-0.2, -0.15) is 0 Å². The first-order valence-corrected chi connectivity index (χ1v) is 6.58. The summed E-state index contributed by atoms with van der Waals surface area (Å²) in [5.74, 6) is 0.144. The van der Waals surface area contributed by atoms with E-state index in [9.17, 15) is 4.79 Å². The van der Waals surface area contributed by atoms with Crippen molar-refractivity contribution in [2.45, 2.75) is 20.8 Å². The molecule has 0 aliphatic heterocycles. The Morgan fingerprint density at radius 1 is 1.30 bits per heavy atom. The minimum Gasteiger partial charge on any atom is -0.477 e. The van der Waals surface area contributed by atoms with E-state index < -0.39 is 0 Å². The number of hydrogen-bond donors (Lipinski definition) is 1. The summed E-state index contributed by atoms with van der Waals surface area (Å²) >= 11 is 0. The highest BCUT2D eigenvalue weighted by Gasteiger charge is 2.14. The molecular formula is C16H18N2O2. The summed E-state index contributed by atoms with van der Waals surface area (Å²) in [6, 6.07) is 9.33. The number of amides is 1. The second kappa shape index (κ2) is 6.19. The summed E-state index contributed by atoms with van der Waals surface area (Å²) < 4.78 is 5.37. The molecule has 0 radical (unpaired) electrons. The molecule has 1 N–H and O–H groups in total. The van der Waals surface area contributed by atoms with Gasteiger partial charge in [0.2, 0.25) is 5.88 Å². The van der Waals surface area contributed by atoms with E-state index in [4.69, 9.17) is 4.74 Å². The Balaban J connectivity index is 2.24. The van der Waals surface area contributed by atoms with E-state index in [-0.39, 0.29) is 5.91 Å². The molecule has 0 atom stereocenters. The van der Waals surface area contributed by atoms with Crippen molar-refractivity contribution in [3.8, 4) is 5.88 Å². The summed E-state index contributed by atoms with van der Waals surface area (Å²) in [6.45, 7) is 6.32. The number of aromatic nitrogens is 1. The van der Waals surface area contributed by atoms with Crippen molar-refractivity contribution in [2.75, 3.05) is 11.9 Å². The highest BCUT2D eigenvalue weighted by atomic mass is 16.5. The zero-order chi connectivity index (χ0) is 14.5.